The lowest BCUT2D eigenvalue weighted by molar-refractivity contribution is -0.127. The minimum absolute atomic E-state index is 0.147. The Morgan fingerprint density at radius 1 is 1.19 bits per heavy atom. The third kappa shape index (κ3) is 6.55. The Bertz CT molecular complexity index is 837. The standard InChI is InChI=1S/C24H31ClN2O3S/c1-2-30-16-9-15-27(24(29)21-14-8-17-31-21)22(19-12-6-7-13-20(19)25)23(28)26-18-10-4-3-5-11-18/h6-8,12-14,17-18,22H,2-5,9-11,15-16H2,1H3,(H,26,28)/t22-/m1/s1. The number of hydrogen-bond acceptors (Lipinski definition) is 4. The SMILES string of the molecule is CCOCCCN(C(=O)c1cccs1)[C@@H](C(=O)NC1CCCCC1)c1ccccc1Cl. The Morgan fingerprint density at radius 2 is 1.97 bits per heavy atom. The second-order valence-corrected chi connectivity index (χ2v) is 9.15. The molecule has 0 bridgehead atoms. The van der Waals surface area contributed by atoms with E-state index in [1.807, 2.05) is 36.6 Å². The molecule has 0 unspecified atom stereocenters. The zero-order valence-corrected chi connectivity index (χ0v) is 19.6. The molecule has 7 heteroatoms. The van der Waals surface area contributed by atoms with E-state index in [1.165, 1.54) is 17.8 Å². The number of rotatable bonds is 10. The zero-order valence-electron chi connectivity index (χ0n) is 18.0. The fraction of sp³-hybridized carbons (Fsp3) is 0.500. The van der Waals surface area contributed by atoms with Gasteiger partial charge in [-0.25, -0.2) is 0 Å². The lowest BCUT2D eigenvalue weighted by Gasteiger charge is -2.33. The first-order valence-corrected chi connectivity index (χ1v) is 12.3. The number of carbonyl (C=O) groups excluding carboxylic acids is 2. The second kappa shape index (κ2) is 12.2. The molecule has 5 nitrogen and oxygen atoms in total. The van der Waals surface area contributed by atoms with Crippen molar-refractivity contribution in [1.82, 2.24) is 10.2 Å². The van der Waals surface area contributed by atoms with Gasteiger partial charge >= 0.3 is 0 Å². The zero-order chi connectivity index (χ0) is 22.1. The van der Waals surface area contributed by atoms with E-state index >= 15 is 0 Å². The van der Waals surface area contributed by atoms with Gasteiger partial charge in [0.1, 0.15) is 6.04 Å². The van der Waals surface area contributed by atoms with Crippen molar-refractivity contribution < 1.29 is 14.3 Å². The molecule has 31 heavy (non-hydrogen) atoms. The summed E-state index contributed by atoms with van der Waals surface area (Å²) in [5, 5.41) is 5.57. The molecule has 1 fully saturated rings. The largest absolute Gasteiger partial charge is 0.382 e. The average Bonchev–Trinajstić information content (AvgIpc) is 3.32. The molecule has 0 radical (unpaired) electrons. The molecular formula is C24H31ClN2O3S. The Morgan fingerprint density at radius 3 is 2.65 bits per heavy atom. The van der Waals surface area contributed by atoms with Gasteiger partial charge in [-0.15, -0.1) is 11.3 Å². The Hall–Kier alpha value is -1.89. The number of nitrogens with one attached hydrogen (secondary N) is 1. The van der Waals surface area contributed by atoms with Gasteiger partial charge in [0.25, 0.3) is 5.91 Å². The highest BCUT2D eigenvalue weighted by Crippen LogP contribution is 2.31. The topological polar surface area (TPSA) is 58.6 Å². The molecule has 1 saturated carbocycles. The van der Waals surface area contributed by atoms with Gasteiger partial charge in [-0.2, -0.15) is 0 Å². The summed E-state index contributed by atoms with van der Waals surface area (Å²) in [7, 11) is 0. The van der Waals surface area contributed by atoms with E-state index in [0.717, 1.165) is 25.7 Å². The van der Waals surface area contributed by atoms with E-state index in [0.29, 0.717) is 41.6 Å². The van der Waals surface area contributed by atoms with Crippen LogP contribution in [-0.4, -0.2) is 42.5 Å². The van der Waals surface area contributed by atoms with E-state index in [4.69, 9.17) is 16.3 Å². The van der Waals surface area contributed by atoms with E-state index < -0.39 is 6.04 Å². The molecule has 1 aliphatic rings. The summed E-state index contributed by atoms with van der Waals surface area (Å²) in [6, 6.07) is 10.3. The quantitative estimate of drug-likeness (QED) is 0.477. The van der Waals surface area contributed by atoms with Gasteiger partial charge in [-0.3, -0.25) is 9.59 Å². The lowest BCUT2D eigenvalue weighted by Crippen LogP contribution is -2.47. The van der Waals surface area contributed by atoms with Gasteiger partial charge in [0.2, 0.25) is 5.91 Å². The van der Waals surface area contributed by atoms with Crippen LogP contribution in [0.25, 0.3) is 0 Å². The third-order valence-corrected chi connectivity index (χ3v) is 6.80. The van der Waals surface area contributed by atoms with Crippen LogP contribution in [0.15, 0.2) is 41.8 Å². The van der Waals surface area contributed by atoms with Gasteiger partial charge in [0, 0.05) is 36.4 Å². The number of benzene rings is 1. The molecule has 2 amide bonds. The molecule has 1 aliphatic carbocycles. The molecule has 1 aromatic carbocycles. The molecule has 168 valence electrons. The average molecular weight is 463 g/mol. The van der Waals surface area contributed by atoms with Gasteiger partial charge in [0.05, 0.1) is 4.88 Å². The molecule has 1 heterocycles. The van der Waals surface area contributed by atoms with E-state index in [9.17, 15) is 9.59 Å². The molecule has 1 N–H and O–H groups in total. The summed E-state index contributed by atoms with van der Waals surface area (Å²) in [5.41, 5.74) is 0.652. The van der Waals surface area contributed by atoms with Gasteiger partial charge < -0.3 is 15.0 Å². The number of hydrogen-bond donors (Lipinski definition) is 1. The fourth-order valence-electron chi connectivity index (χ4n) is 4.05. The fourth-order valence-corrected chi connectivity index (χ4v) is 4.96. The summed E-state index contributed by atoms with van der Waals surface area (Å²) in [5.74, 6) is -0.323. The minimum Gasteiger partial charge on any atom is -0.382 e. The summed E-state index contributed by atoms with van der Waals surface area (Å²) < 4.78 is 5.48. The third-order valence-electron chi connectivity index (χ3n) is 5.60. The van der Waals surface area contributed by atoms with Crippen LogP contribution in [-0.2, 0) is 9.53 Å². The second-order valence-electron chi connectivity index (χ2n) is 7.79. The van der Waals surface area contributed by atoms with Crippen LogP contribution in [0.4, 0.5) is 0 Å². The number of nitrogens with zero attached hydrogens (tertiary/aromatic N) is 1. The van der Waals surface area contributed by atoms with Crippen molar-refractivity contribution in [3.8, 4) is 0 Å². The first-order valence-electron chi connectivity index (χ1n) is 11.1. The number of amides is 2. The summed E-state index contributed by atoms with van der Waals surface area (Å²) in [6.07, 6.45) is 6.04. The van der Waals surface area contributed by atoms with Crippen molar-refractivity contribution >= 4 is 34.8 Å². The Labute approximate surface area is 193 Å². The molecule has 0 aliphatic heterocycles. The van der Waals surface area contributed by atoms with Crippen LogP contribution in [0.2, 0.25) is 5.02 Å². The summed E-state index contributed by atoms with van der Waals surface area (Å²) in [4.78, 5) is 29.3. The number of ether oxygens (including phenoxy) is 1. The van der Waals surface area contributed by atoms with Gasteiger partial charge in [0.15, 0.2) is 0 Å². The predicted octanol–water partition coefficient (Wildman–Crippen LogP) is 5.46. The molecule has 0 saturated heterocycles. The maximum absolute atomic E-state index is 13.6. The van der Waals surface area contributed by atoms with Crippen LogP contribution in [0.1, 0.15) is 66.7 Å². The smallest absolute Gasteiger partial charge is 0.264 e. The van der Waals surface area contributed by atoms with Gasteiger partial charge in [-0.05, 0) is 43.7 Å². The van der Waals surface area contributed by atoms with Crippen LogP contribution in [0.3, 0.4) is 0 Å². The lowest BCUT2D eigenvalue weighted by atomic mass is 9.94. The first kappa shape index (κ1) is 23.8. The van der Waals surface area contributed by atoms with Crippen molar-refractivity contribution in [3.05, 3.63) is 57.2 Å². The molecule has 3 rings (SSSR count). The Kier molecular flexibility index (Phi) is 9.37. The highest BCUT2D eigenvalue weighted by molar-refractivity contribution is 7.12. The van der Waals surface area contributed by atoms with Crippen LogP contribution < -0.4 is 5.32 Å². The van der Waals surface area contributed by atoms with Crippen molar-refractivity contribution in [1.29, 1.82) is 0 Å². The maximum Gasteiger partial charge on any atom is 0.264 e. The number of halogens is 1. The highest BCUT2D eigenvalue weighted by Gasteiger charge is 2.34. The molecular weight excluding hydrogens is 432 g/mol. The van der Waals surface area contributed by atoms with Crippen LogP contribution in [0, 0.1) is 0 Å². The van der Waals surface area contributed by atoms with Gasteiger partial charge in [-0.1, -0.05) is 55.1 Å². The molecule has 1 atom stereocenters. The number of thiophene rings is 1. The van der Waals surface area contributed by atoms with Crippen LogP contribution >= 0.6 is 22.9 Å². The summed E-state index contributed by atoms with van der Waals surface area (Å²) >= 11 is 7.90. The van der Waals surface area contributed by atoms with E-state index in [-0.39, 0.29) is 17.9 Å². The van der Waals surface area contributed by atoms with Crippen molar-refractivity contribution in [2.24, 2.45) is 0 Å². The van der Waals surface area contributed by atoms with Crippen LogP contribution in [0.5, 0.6) is 0 Å². The molecule has 2 aromatic rings. The monoisotopic (exact) mass is 462 g/mol. The minimum atomic E-state index is -0.785. The Balaban J connectivity index is 1.91. The molecule has 1 aromatic heterocycles. The number of carbonyl (C=O) groups is 2. The van der Waals surface area contributed by atoms with Crippen molar-refractivity contribution in [2.75, 3.05) is 19.8 Å². The first-order chi connectivity index (χ1) is 15.1. The predicted molar refractivity (Wildman–Crippen MR) is 126 cm³/mol. The van der Waals surface area contributed by atoms with Crippen molar-refractivity contribution in [3.63, 3.8) is 0 Å². The van der Waals surface area contributed by atoms with E-state index in [1.54, 1.807) is 17.0 Å². The molecule has 0 spiro atoms. The van der Waals surface area contributed by atoms with E-state index in [2.05, 4.69) is 5.32 Å². The highest BCUT2D eigenvalue weighted by atomic mass is 35.5. The maximum atomic E-state index is 13.6. The van der Waals surface area contributed by atoms with Crippen molar-refractivity contribution in [2.45, 2.75) is 57.5 Å². The summed E-state index contributed by atoms with van der Waals surface area (Å²) in [6.45, 7) is 3.50. The normalized spacial score (nSPS) is 15.4.